The number of hydrogen-bond donors (Lipinski definition) is 1. The molecule has 1 aromatic carbocycles. The van der Waals surface area contributed by atoms with E-state index in [0.29, 0.717) is 24.0 Å². The standard InChI is InChI=1S/C20H26N2O3S/c1-24-17-4-2-5-18(14-17)25-15-20(23)21-9-12-22-10-7-16(8-11-22)19-6-3-13-26-19/h2-6,13-14,16H,7-12,15H2,1H3,(H,21,23). The maximum Gasteiger partial charge on any atom is 0.257 e. The van der Waals surface area contributed by atoms with Gasteiger partial charge in [-0.25, -0.2) is 0 Å². The summed E-state index contributed by atoms with van der Waals surface area (Å²) in [5, 5.41) is 5.09. The molecule has 1 aliphatic rings. The lowest BCUT2D eigenvalue weighted by Crippen LogP contribution is -2.40. The van der Waals surface area contributed by atoms with Crippen molar-refractivity contribution in [1.29, 1.82) is 0 Å². The number of thiophene rings is 1. The molecule has 5 nitrogen and oxygen atoms in total. The molecule has 1 N–H and O–H groups in total. The van der Waals surface area contributed by atoms with E-state index in [1.165, 1.54) is 17.7 Å². The Hall–Kier alpha value is -2.05. The van der Waals surface area contributed by atoms with Crippen LogP contribution in [0.4, 0.5) is 0 Å². The summed E-state index contributed by atoms with van der Waals surface area (Å²) in [5.41, 5.74) is 0. The van der Waals surface area contributed by atoms with Gasteiger partial charge in [0.05, 0.1) is 7.11 Å². The zero-order chi connectivity index (χ0) is 18.2. The van der Waals surface area contributed by atoms with E-state index in [4.69, 9.17) is 9.47 Å². The van der Waals surface area contributed by atoms with Crippen LogP contribution in [-0.2, 0) is 4.79 Å². The molecule has 1 fully saturated rings. The van der Waals surface area contributed by atoms with Crippen LogP contribution in [0.2, 0.25) is 0 Å². The fourth-order valence-corrected chi connectivity index (χ4v) is 4.11. The number of nitrogens with zero attached hydrogens (tertiary/aromatic N) is 1. The molecule has 0 spiro atoms. The minimum Gasteiger partial charge on any atom is -0.497 e. The van der Waals surface area contributed by atoms with Crippen LogP contribution in [0.5, 0.6) is 11.5 Å². The highest BCUT2D eigenvalue weighted by Gasteiger charge is 2.20. The maximum absolute atomic E-state index is 11.9. The monoisotopic (exact) mass is 374 g/mol. The Kier molecular flexibility index (Phi) is 6.91. The van der Waals surface area contributed by atoms with Crippen LogP contribution in [0.25, 0.3) is 0 Å². The minimum atomic E-state index is -0.0960. The second-order valence-electron chi connectivity index (χ2n) is 6.45. The number of amides is 1. The highest BCUT2D eigenvalue weighted by Crippen LogP contribution is 2.30. The maximum atomic E-state index is 11.9. The molecule has 0 radical (unpaired) electrons. The molecular formula is C20H26N2O3S. The van der Waals surface area contributed by atoms with Crippen molar-refractivity contribution in [1.82, 2.24) is 10.2 Å². The van der Waals surface area contributed by atoms with Crippen molar-refractivity contribution in [2.24, 2.45) is 0 Å². The fourth-order valence-electron chi connectivity index (χ4n) is 3.21. The highest BCUT2D eigenvalue weighted by molar-refractivity contribution is 7.10. The molecule has 6 heteroatoms. The number of piperidine rings is 1. The molecule has 1 aromatic heterocycles. The first-order valence-corrected chi connectivity index (χ1v) is 9.92. The Morgan fingerprint density at radius 1 is 1.23 bits per heavy atom. The number of carbonyl (C=O) groups excluding carboxylic acids is 1. The summed E-state index contributed by atoms with van der Waals surface area (Å²) in [6, 6.07) is 11.6. The minimum absolute atomic E-state index is 0.0214. The lowest BCUT2D eigenvalue weighted by molar-refractivity contribution is -0.123. The van der Waals surface area contributed by atoms with Gasteiger partial charge in [0.1, 0.15) is 11.5 Å². The molecule has 0 aliphatic carbocycles. The van der Waals surface area contributed by atoms with Crippen LogP contribution in [0, 0.1) is 0 Å². The van der Waals surface area contributed by atoms with E-state index in [1.54, 1.807) is 13.2 Å². The normalized spacial score (nSPS) is 15.6. The quantitative estimate of drug-likeness (QED) is 0.771. The van der Waals surface area contributed by atoms with Gasteiger partial charge in [-0.2, -0.15) is 0 Å². The SMILES string of the molecule is COc1cccc(OCC(=O)NCCN2CCC(c3cccs3)CC2)c1. The average Bonchev–Trinajstić information content (AvgIpc) is 3.22. The van der Waals surface area contributed by atoms with Crippen molar-refractivity contribution < 1.29 is 14.3 Å². The van der Waals surface area contributed by atoms with E-state index in [9.17, 15) is 4.79 Å². The van der Waals surface area contributed by atoms with Crippen molar-refractivity contribution in [3.8, 4) is 11.5 Å². The van der Waals surface area contributed by atoms with E-state index in [1.807, 2.05) is 29.5 Å². The number of nitrogens with one attached hydrogen (secondary N) is 1. The summed E-state index contributed by atoms with van der Waals surface area (Å²) >= 11 is 1.86. The van der Waals surface area contributed by atoms with E-state index < -0.39 is 0 Å². The van der Waals surface area contributed by atoms with Crippen LogP contribution in [0.1, 0.15) is 23.6 Å². The third kappa shape index (κ3) is 5.47. The van der Waals surface area contributed by atoms with Gasteiger partial charge >= 0.3 is 0 Å². The van der Waals surface area contributed by atoms with Gasteiger partial charge in [-0.3, -0.25) is 4.79 Å². The number of methoxy groups -OCH3 is 1. The number of rotatable bonds is 8. The lowest BCUT2D eigenvalue weighted by Gasteiger charge is -2.31. The fraction of sp³-hybridized carbons (Fsp3) is 0.450. The van der Waals surface area contributed by atoms with Crippen molar-refractivity contribution in [3.05, 3.63) is 46.7 Å². The van der Waals surface area contributed by atoms with Crippen LogP contribution in [0.3, 0.4) is 0 Å². The highest BCUT2D eigenvalue weighted by atomic mass is 32.1. The van der Waals surface area contributed by atoms with E-state index in [2.05, 4.69) is 27.7 Å². The van der Waals surface area contributed by atoms with E-state index in [-0.39, 0.29) is 12.5 Å². The van der Waals surface area contributed by atoms with Gasteiger partial charge in [-0.15, -0.1) is 11.3 Å². The topological polar surface area (TPSA) is 50.8 Å². The number of carbonyl (C=O) groups is 1. The van der Waals surface area contributed by atoms with Crippen molar-refractivity contribution in [2.75, 3.05) is 39.9 Å². The second-order valence-corrected chi connectivity index (χ2v) is 7.43. The molecule has 2 heterocycles. The molecule has 1 saturated heterocycles. The summed E-state index contributed by atoms with van der Waals surface area (Å²) in [6.07, 6.45) is 2.40. The molecule has 0 saturated carbocycles. The van der Waals surface area contributed by atoms with Gasteiger partial charge in [0, 0.05) is 24.0 Å². The second kappa shape index (κ2) is 9.59. The Balaban J connectivity index is 1.30. The number of ether oxygens (including phenoxy) is 2. The Morgan fingerprint density at radius 2 is 2.04 bits per heavy atom. The van der Waals surface area contributed by atoms with E-state index in [0.717, 1.165) is 19.6 Å². The zero-order valence-corrected chi connectivity index (χ0v) is 16.0. The Bertz CT molecular complexity index is 682. The molecule has 26 heavy (non-hydrogen) atoms. The van der Waals surface area contributed by atoms with Crippen LogP contribution < -0.4 is 14.8 Å². The van der Waals surface area contributed by atoms with Gasteiger partial charge in [0.2, 0.25) is 0 Å². The molecular weight excluding hydrogens is 348 g/mol. The van der Waals surface area contributed by atoms with Crippen LogP contribution in [-0.4, -0.2) is 50.7 Å². The summed E-state index contributed by atoms with van der Waals surface area (Å²) in [4.78, 5) is 15.9. The molecule has 3 rings (SSSR count). The predicted molar refractivity (Wildman–Crippen MR) is 104 cm³/mol. The molecule has 0 atom stereocenters. The lowest BCUT2D eigenvalue weighted by atomic mass is 9.95. The number of hydrogen-bond acceptors (Lipinski definition) is 5. The first-order chi connectivity index (χ1) is 12.7. The smallest absolute Gasteiger partial charge is 0.257 e. The first-order valence-electron chi connectivity index (χ1n) is 9.04. The molecule has 0 bridgehead atoms. The molecule has 140 valence electrons. The summed E-state index contributed by atoms with van der Waals surface area (Å²) < 4.78 is 10.6. The summed E-state index contributed by atoms with van der Waals surface area (Å²) in [7, 11) is 1.61. The first kappa shape index (κ1) is 18.7. The van der Waals surface area contributed by atoms with Crippen LogP contribution >= 0.6 is 11.3 Å². The van der Waals surface area contributed by atoms with Gasteiger partial charge in [-0.05, 0) is 55.4 Å². The van der Waals surface area contributed by atoms with Gasteiger partial charge < -0.3 is 19.7 Å². The number of likely N-dealkylation sites (tertiary alicyclic amines) is 1. The summed E-state index contributed by atoms with van der Waals surface area (Å²) in [6.45, 7) is 3.76. The van der Waals surface area contributed by atoms with Gasteiger partial charge in [0.25, 0.3) is 5.91 Å². The molecule has 1 aliphatic heterocycles. The molecule has 1 amide bonds. The average molecular weight is 375 g/mol. The largest absolute Gasteiger partial charge is 0.497 e. The predicted octanol–water partition coefficient (Wildman–Crippen LogP) is 3.13. The van der Waals surface area contributed by atoms with E-state index >= 15 is 0 Å². The molecule has 0 unspecified atom stereocenters. The Morgan fingerprint density at radius 3 is 2.77 bits per heavy atom. The van der Waals surface area contributed by atoms with Crippen LogP contribution in [0.15, 0.2) is 41.8 Å². The molecule has 2 aromatic rings. The third-order valence-electron chi connectivity index (χ3n) is 4.69. The van der Waals surface area contributed by atoms with Crippen molar-refractivity contribution in [2.45, 2.75) is 18.8 Å². The number of benzene rings is 1. The Labute approximate surface area is 158 Å². The van der Waals surface area contributed by atoms with Crippen molar-refractivity contribution >= 4 is 17.2 Å². The van der Waals surface area contributed by atoms with Gasteiger partial charge in [-0.1, -0.05) is 12.1 Å². The third-order valence-corrected chi connectivity index (χ3v) is 5.73. The van der Waals surface area contributed by atoms with Crippen molar-refractivity contribution in [3.63, 3.8) is 0 Å². The zero-order valence-electron chi connectivity index (χ0n) is 15.1. The summed E-state index contributed by atoms with van der Waals surface area (Å²) in [5.74, 6) is 1.96. The van der Waals surface area contributed by atoms with Gasteiger partial charge in [0.15, 0.2) is 6.61 Å².